The molecule has 2 saturated carbocycles. The van der Waals surface area contributed by atoms with E-state index in [1.54, 1.807) is 0 Å². The zero-order valence-corrected chi connectivity index (χ0v) is 10.3. The van der Waals surface area contributed by atoms with Crippen molar-refractivity contribution >= 4 is 0 Å². The summed E-state index contributed by atoms with van der Waals surface area (Å²) in [5.41, 5.74) is 0. The van der Waals surface area contributed by atoms with E-state index in [-0.39, 0.29) is 0 Å². The van der Waals surface area contributed by atoms with Crippen molar-refractivity contribution < 1.29 is 10.2 Å². The van der Waals surface area contributed by atoms with Crippen molar-refractivity contribution in [2.24, 2.45) is 23.7 Å². The summed E-state index contributed by atoms with van der Waals surface area (Å²) in [6.07, 6.45) is 10.1. The fourth-order valence-electron chi connectivity index (χ4n) is 4.26. The number of hydrogen-bond acceptors (Lipinski definition) is 2. The van der Waals surface area contributed by atoms with Crippen molar-refractivity contribution in [3.63, 3.8) is 0 Å². The van der Waals surface area contributed by atoms with Crippen LogP contribution >= 0.6 is 0 Å². The summed E-state index contributed by atoms with van der Waals surface area (Å²) in [6, 6.07) is 0. The Hall–Kier alpha value is -0.0800. The highest BCUT2D eigenvalue weighted by Gasteiger charge is 2.39. The minimum atomic E-state index is 0.360. The summed E-state index contributed by atoms with van der Waals surface area (Å²) in [5, 5.41) is 18.3. The monoisotopic (exact) mass is 226 g/mol. The van der Waals surface area contributed by atoms with E-state index >= 15 is 0 Å². The predicted octanol–water partition coefficient (Wildman–Crippen LogP) is 2.58. The molecule has 0 saturated heterocycles. The molecule has 0 bridgehead atoms. The smallest absolute Gasteiger partial charge is 0.0433 e. The Balaban J connectivity index is 1.99. The summed E-state index contributed by atoms with van der Waals surface area (Å²) in [6.45, 7) is 0.719. The molecule has 0 spiro atoms. The molecule has 2 aliphatic carbocycles. The summed E-state index contributed by atoms with van der Waals surface area (Å²) >= 11 is 0. The number of aliphatic hydroxyl groups excluding tert-OH is 2. The number of fused-ring (bicyclic) bond motifs is 1. The van der Waals surface area contributed by atoms with Crippen LogP contribution in [0.2, 0.25) is 0 Å². The topological polar surface area (TPSA) is 40.5 Å². The molecule has 0 heterocycles. The van der Waals surface area contributed by atoms with Crippen LogP contribution in [-0.2, 0) is 0 Å². The fourth-order valence-corrected chi connectivity index (χ4v) is 4.26. The molecular formula is C14H26O2. The Morgan fingerprint density at radius 1 is 0.688 bits per heavy atom. The van der Waals surface area contributed by atoms with Crippen molar-refractivity contribution in [2.75, 3.05) is 13.2 Å². The minimum Gasteiger partial charge on any atom is -0.396 e. The highest BCUT2D eigenvalue weighted by molar-refractivity contribution is 4.89. The average Bonchev–Trinajstić information content (AvgIpc) is 2.33. The second-order valence-corrected chi connectivity index (χ2v) is 5.73. The lowest BCUT2D eigenvalue weighted by Crippen LogP contribution is -2.37. The van der Waals surface area contributed by atoms with E-state index in [0.29, 0.717) is 13.2 Å². The van der Waals surface area contributed by atoms with Gasteiger partial charge in [0.2, 0.25) is 0 Å². The van der Waals surface area contributed by atoms with Gasteiger partial charge in [-0.2, -0.15) is 0 Å². The molecule has 4 atom stereocenters. The van der Waals surface area contributed by atoms with Gasteiger partial charge in [0.15, 0.2) is 0 Å². The van der Waals surface area contributed by atoms with Gasteiger partial charge in [-0.1, -0.05) is 12.8 Å². The maximum absolute atomic E-state index is 9.14. The quantitative estimate of drug-likeness (QED) is 0.773. The number of aliphatic hydroxyl groups is 2. The molecule has 2 nitrogen and oxygen atoms in total. The van der Waals surface area contributed by atoms with Crippen molar-refractivity contribution in [2.45, 2.75) is 51.4 Å². The molecule has 0 aromatic rings. The second kappa shape index (κ2) is 6.02. The van der Waals surface area contributed by atoms with E-state index in [1.165, 1.54) is 38.5 Å². The first-order valence-corrected chi connectivity index (χ1v) is 7.08. The molecule has 16 heavy (non-hydrogen) atoms. The number of hydrogen-bond donors (Lipinski definition) is 2. The largest absolute Gasteiger partial charge is 0.396 e. The van der Waals surface area contributed by atoms with Crippen LogP contribution in [0.1, 0.15) is 51.4 Å². The van der Waals surface area contributed by atoms with Gasteiger partial charge in [0.05, 0.1) is 0 Å². The molecular weight excluding hydrogens is 200 g/mol. The summed E-state index contributed by atoms with van der Waals surface area (Å²) < 4.78 is 0. The lowest BCUT2D eigenvalue weighted by molar-refractivity contribution is 0.0272. The molecule has 2 heteroatoms. The van der Waals surface area contributed by atoms with Crippen LogP contribution in [0.25, 0.3) is 0 Å². The molecule has 0 aromatic heterocycles. The van der Waals surface area contributed by atoms with E-state index in [0.717, 1.165) is 36.5 Å². The van der Waals surface area contributed by atoms with Crippen LogP contribution in [-0.4, -0.2) is 23.4 Å². The van der Waals surface area contributed by atoms with Gasteiger partial charge >= 0.3 is 0 Å². The third-order valence-electron chi connectivity index (χ3n) is 4.99. The SMILES string of the molecule is OCCC1CCC(CCO)C2CCCCC12. The van der Waals surface area contributed by atoms with Crippen molar-refractivity contribution in [1.29, 1.82) is 0 Å². The Morgan fingerprint density at radius 2 is 1.12 bits per heavy atom. The van der Waals surface area contributed by atoms with E-state index in [9.17, 15) is 0 Å². The Kier molecular flexibility index (Phi) is 4.66. The molecule has 0 aliphatic heterocycles. The molecule has 4 unspecified atom stereocenters. The molecule has 2 rings (SSSR count). The first-order valence-electron chi connectivity index (χ1n) is 7.08. The van der Waals surface area contributed by atoms with Crippen molar-refractivity contribution in [3.05, 3.63) is 0 Å². The Morgan fingerprint density at radius 3 is 1.50 bits per heavy atom. The van der Waals surface area contributed by atoms with Gasteiger partial charge in [-0.05, 0) is 62.2 Å². The van der Waals surface area contributed by atoms with Crippen LogP contribution < -0.4 is 0 Å². The van der Waals surface area contributed by atoms with Crippen molar-refractivity contribution in [1.82, 2.24) is 0 Å². The normalized spacial score (nSPS) is 39.4. The maximum Gasteiger partial charge on any atom is 0.0433 e. The van der Waals surface area contributed by atoms with E-state index in [4.69, 9.17) is 10.2 Å². The second-order valence-electron chi connectivity index (χ2n) is 5.73. The van der Waals surface area contributed by atoms with Gasteiger partial charge < -0.3 is 10.2 Å². The Labute approximate surface area is 99.1 Å². The van der Waals surface area contributed by atoms with Gasteiger partial charge in [-0.15, -0.1) is 0 Å². The van der Waals surface area contributed by atoms with Crippen LogP contribution in [0, 0.1) is 23.7 Å². The van der Waals surface area contributed by atoms with Gasteiger partial charge in [-0.3, -0.25) is 0 Å². The first kappa shape index (κ1) is 12.4. The van der Waals surface area contributed by atoms with Crippen LogP contribution in [0.15, 0.2) is 0 Å². The highest BCUT2D eigenvalue weighted by Crippen LogP contribution is 2.48. The van der Waals surface area contributed by atoms with Crippen LogP contribution in [0.4, 0.5) is 0 Å². The van der Waals surface area contributed by atoms with Crippen LogP contribution in [0.5, 0.6) is 0 Å². The fraction of sp³-hybridized carbons (Fsp3) is 1.00. The molecule has 2 fully saturated rings. The molecule has 94 valence electrons. The Bertz CT molecular complexity index is 183. The minimum absolute atomic E-state index is 0.360. The third-order valence-corrected chi connectivity index (χ3v) is 4.99. The van der Waals surface area contributed by atoms with E-state index < -0.39 is 0 Å². The predicted molar refractivity (Wildman–Crippen MR) is 65.1 cm³/mol. The molecule has 0 radical (unpaired) electrons. The van der Waals surface area contributed by atoms with Gasteiger partial charge in [0.25, 0.3) is 0 Å². The van der Waals surface area contributed by atoms with Crippen LogP contribution in [0.3, 0.4) is 0 Å². The van der Waals surface area contributed by atoms with Gasteiger partial charge in [0.1, 0.15) is 0 Å². The van der Waals surface area contributed by atoms with E-state index in [2.05, 4.69) is 0 Å². The third kappa shape index (κ3) is 2.60. The standard InChI is InChI=1S/C14H26O2/c15-9-7-11-5-6-12(8-10-16)14-4-2-1-3-13(11)14/h11-16H,1-10H2. The molecule has 2 N–H and O–H groups in total. The lowest BCUT2D eigenvalue weighted by atomic mass is 9.60. The summed E-state index contributed by atoms with van der Waals surface area (Å²) in [4.78, 5) is 0. The molecule has 0 aromatic carbocycles. The summed E-state index contributed by atoms with van der Waals surface area (Å²) in [5.74, 6) is 3.24. The van der Waals surface area contributed by atoms with E-state index in [1.807, 2.05) is 0 Å². The maximum atomic E-state index is 9.14. The summed E-state index contributed by atoms with van der Waals surface area (Å²) in [7, 11) is 0. The van der Waals surface area contributed by atoms with Crippen molar-refractivity contribution in [3.8, 4) is 0 Å². The zero-order valence-electron chi connectivity index (χ0n) is 10.3. The number of rotatable bonds is 4. The average molecular weight is 226 g/mol. The first-order chi connectivity index (χ1) is 7.86. The molecule has 2 aliphatic rings. The lowest BCUT2D eigenvalue weighted by Gasteiger charge is -2.46. The van der Waals surface area contributed by atoms with Gasteiger partial charge in [-0.25, -0.2) is 0 Å². The highest BCUT2D eigenvalue weighted by atomic mass is 16.3. The van der Waals surface area contributed by atoms with Gasteiger partial charge in [0, 0.05) is 13.2 Å². The molecule has 0 amide bonds. The zero-order chi connectivity index (χ0) is 11.4.